The van der Waals surface area contributed by atoms with E-state index < -0.39 is 0 Å². The van der Waals surface area contributed by atoms with E-state index in [2.05, 4.69) is 10.6 Å². The largest absolute Gasteiger partial charge is 0.378 e. The summed E-state index contributed by atoms with van der Waals surface area (Å²) in [6.07, 6.45) is 2.69. The number of nitrogens with zero attached hydrogens (tertiary/aromatic N) is 1. The second-order valence-electron chi connectivity index (χ2n) is 6.03. The number of morpholine rings is 1. The lowest BCUT2D eigenvalue weighted by molar-refractivity contribution is -0.116. The van der Waals surface area contributed by atoms with E-state index in [1.54, 1.807) is 29.2 Å². The van der Waals surface area contributed by atoms with E-state index in [1.807, 2.05) is 0 Å². The Bertz CT molecular complexity index is 547. The minimum Gasteiger partial charge on any atom is -0.378 e. The van der Waals surface area contributed by atoms with Crippen LogP contribution in [0.4, 0.5) is 5.69 Å². The van der Waals surface area contributed by atoms with Crippen molar-refractivity contribution in [2.24, 2.45) is 0 Å². The lowest BCUT2D eigenvalue weighted by atomic mass is 10.1. The summed E-state index contributed by atoms with van der Waals surface area (Å²) < 4.78 is 5.26. The van der Waals surface area contributed by atoms with Gasteiger partial charge in [0.1, 0.15) is 0 Å². The third-order valence-corrected chi connectivity index (χ3v) is 4.31. The monoisotopic (exact) mass is 317 g/mol. The van der Waals surface area contributed by atoms with Crippen LogP contribution in [0.25, 0.3) is 0 Å². The van der Waals surface area contributed by atoms with E-state index in [1.165, 1.54) is 0 Å². The highest BCUT2D eigenvalue weighted by Gasteiger charge is 2.19. The first-order chi connectivity index (χ1) is 11.2. The number of hydrogen-bond donors (Lipinski definition) is 2. The van der Waals surface area contributed by atoms with E-state index in [4.69, 9.17) is 4.74 Å². The van der Waals surface area contributed by atoms with Crippen molar-refractivity contribution in [1.82, 2.24) is 10.2 Å². The van der Waals surface area contributed by atoms with Crippen LogP contribution in [0.1, 0.15) is 29.6 Å². The smallest absolute Gasteiger partial charge is 0.254 e. The number of nitrogens with one attached hydrogen (secondary N) is 2. The van der Waals surface area contributed by atoms with Gasteiger partial charge in [-0.05, 0) is 43.7 Å². The van der Waals surface area contributed by atoms with Crippen molar-refractivity contribution < 1.29 is 14.3 Å². The summed E-state index contributed by atoms with van der Waals surface area (Å²) >= 11 is 0. The van der Waals surface area contributed by atoms with Crippen LogP contribution in [0.15, 0.2) is 24.3 Å². The van der Waals surface area contributed by atoms with Crippen LogP contribution in [0.2, 0.25) is 0 Å². The van der Waals surface area contributed by atoms with Gasteiger partial charge in [-0.2, -0.15) is 0 Å². The van der Waals surface area contributed by atoms with Crippen molar-refractivity contribution in [2.75, 3.05) is 38.2 Å². The minimum atomic E-state index is 0.0108. The number of ether oxygens (including phenoxy) is 1. The second kappa shape index (κ2) is 7.57. The molecule has 0 radical (unpaired) electrons. The van der Waals surface area contributed by atoms with E-state index in [0.29, 0.717) is 38.3 Å². The lowest BCUT2D eigenvalue weighted by Crippen LogP contribution is -2.40. The lowest BCUT2D eigenvalue weighted by Gasteiger charge is -2.26. The average molecular weight is 317 g/mol. The third-order valence-electron chi connectivity index (χ3n) is 4.31. The van der Waals surface area contributed by atoms with Gasteiger partial charge in [-0.1, -0.05) is 0 Å². The summed E-state index contributed by atoms with van der Waals surface area (Å²) in [5.41, 5.74) is 1.37. The fraction of sp³-hybridized carbons (Fsp3) is 0.529. The third kappa shape index (κ3) is 4.30. The molecule has 3 rings (SSSR count). The fourth-order valence-corrected chi connectivity index (χ4v) is 3.01. The van der Waals surface area contributed by atoms with Crippen LogP contribution in [0.5, 0.6) is 0 Å². The molecule has 6 nitrogen and oxygen atoms in total. The van der Waals surface area contributed by atoms with Crippen LogP contribution in [0.3, 0.4) is 0 Å². The second-order valence-corrected chi connectivity index (χ2v) is 6.03. The Morgan fingerprint density at radius 2 is 1.96 bits per heavy atom. The van der Waals surface area contributed by atoms with Gasteiger partial charge in [0.05, 0.1) is 13.2 Å². The molecular weight excluding hydrogens is 294 g/mol. The number of carbonyl (C=O) groups excluding carboxylic acids is 2. The number of amides is 2. The Kier molecular flexibility index (Phi) is 5.25. The quantitative estimate of drug-likeness (QED) is 0.876. The van der Waals surface area contributed by atoms with E-state index in [9.17, 15) is 9.59 Å². The summed E-state index contributed by atoms with van der Waals surface area (Å²) in [7, 11) is 0. The Hall–Kier alpha value is -1.92. The van der Waals surface area contributed by atoms with Gasteiger partial charge in [0.15, 0.2) is 0 Å². The van der Waals surface area contributed by atoms with Gasteiger partial charge < -0.3 is 20.3 Å². The van der Waals surface area contributed by atoms with Crippen molar-refractivity contribution in [3.05, 3.63) is 29.8 Å². The molecule has 2 N–H and O–H groups in total. The topological polar surface area (TPSA) is 70.7 Å². The summed E-state index contributed by atoms with van der Waals surface area (Å²) in [4.78, 5) is 26.1. The molecule has 2 aliphatic rings. The highest BCUT2D eigenvalue weighted by molar-refractivity contribution is 5.96. The molecular formula is C17H23N3O3. The van der Waals surface area contributed by atoms with Gasteiger partial charge in [0, 0.05) is 36.8 Å². The first-order valence-electron chi connectivity index (χ1n) is 8.23. The molecule has 0 spiro atoms. The molecule has 6 heteroatoms. The van der Waals surface area contributed by atoms with Gasteiger partial charge in [0.2, 0.25) is 5.91 Å². The summed E-state index contributed by atoms with van der Waals surface area (Å²) in [5.74, 6) is 0.0259. The molecule has 1 aromatic carbocycles. The zero-order chi connectivity index (χ0) is 16.1. The van der Waals surface area contributed by atoms with Gasteiger partial charge in [0.25, 0.3) is 5.91 Å². The highest BCUT2D eigenvalue weighted by Crippen LogP contribution is 2.14. The number of anilines is 1. The van der Waals surface area contributed by atoms with E-state index >= 15 is 0 Å². The standard InChI is InChI=1S/C17H23N3O3/c21-16(12-15-2-1-7-18-15)19-14-5-3-13(4-6-14)17(22)20-8-10-23-11-9-20/h3-6,15,18H,1-2,7-12H2,(H,19,21). The SMILES string of the molecule is O=C(CC1CCCN1)Nc1ccc(C(=O)N2CCOCC2)cc1. The molecule has 2 amide bonds. The first-order valence-corrected chi connectivity index (χ1v) is 8.23. The van der Waals surface area contributed by atoms with Crippen LogP contribution in [0, 0.1) is 0 Å². The van der Waals surface area contributed by atoms with Crippen LogP contribution in [-0.2, 0) is 9.53 Å². The molecule has 2 aliphatic heterocycles. The summed E-state index contributed by atoms with van der Waals surface area (Å²) in [5, 5.41) is 6.20. The van der Waals surface area contributed by atoms with Crippen molar-refractivity contribution >= 4 is 17.5 Å². The predicted octanol–water partition coefficient (Wildman–Crippen LogP) is 1.24. The Morgan fingerprint density at radius 3 is 2.61 bits per heavy atom. The Balaban J connectivity index is 1.53. The number of rotatable bonds is 4. The zero-order valence-electron chi connectivity index (χ0n) is 13.2. The van der Waals surface area contributed by atoms with Crippen LogP contribution in [-0.4, -0.2) is 55.6 Å². The maximum absolute atomic E-state index is 12.3. The molecule has 0 aromatic heterocycles. The van der Waals surface area contributed by atoms with Gasteiger partial charge >= 0.3 is 0 Å². The maximum Gasteiger partial charge on any atom is 0.254 e. The van der Waals surface area contributed by atoms with Gasteiger partial charge in [-0.3, -0.25) is 9.59 Å². The summed E-state index contributed by atoms with van der Waals surface area (Å²) in [6, 6.07) is 7.39. The van der Waals surface area contributed by atoms with Gasteiger partial charge in [-0.15, -0.1) is 0 Å². The predicted molar refractivity (Wildman–Crippen MR) is 87.4 cm³/mol. The molecule has 0 bridgehead atoms. The molecule has 0 saturated carbocycles. The maximum atomic E-state index is 12.3. The molecule has 2 fully saturated rings. The van der Waals surface area contributed by atoms with Crippen LogP contribution < -0.4 is 10.6 Å². The molecule has 2 heterocycles. The van der Waals surface area contributed by atoms with E-state index in [0.717, 1.165) is 25.1 Å². The summed E-state index contributed by atoms with van der Waals surface area (Å²) in [6.45, 7) is 3.44. The van der Waals surface area contributed by atoms with E-state index in [-0.39, 0.29) is 17.9 Å². The molecule has 1 atom stereocenters. The van der Waals surface area contributed by atoms with Crippen molar-refractivity contribution in [3.8, 4) is 0 Å². The molecule has 1 aromatic rings. The minimum absolute atomic E-state index is 0.0108. The van der Waals surface area contributed by atoms with Crippen molar-refractivity contribution in [1.29, 1.82) is 0 Å². The zero-order valence-corrected chi connectivity index (χ0v) is 13.2. The molecule has 23 heavy (non-hydrogen) atoms. The number of carbonyl (C=O) groups is 2. The van der Waals surface area contributed by atoms with Crippen molar-refractivity contribution in [2.45, 2.75) is 25.3 Å². The van der Waals surface area contributed by atoms with Gasteiger partial charge in [-0.25, -0.2) is 0 Å². The molecule has 1 unspecified atom stereocenters. The average Bonchev–Trinajstić information content (AvgIpc) is 3.08. The number of hydrogen-bond acceptors (Lipinski definition) is 4. The molecule has 0 aliphatic carbocycles. The molecule has 2 saturated heterocycles. The number of benzene rings is 1. The Labute approximate surface area is 136 Å². The first kappa shape index (κ1) is 16.0. The molecule has 124 valence electrons. The van der Waals surface area contributed by atoms with Crippen LogP contribution >= 0.6 is 0 Å². The fourth-order valence-electron chi connectivity index (χ4n) is 3.01. The van der Waals surface area contributed by atoms with Crippen molar-refractivity contribution in [3.63, 3.8) is 0 Å². The Morgan fingerprint density at radius 1 is 1.22 bits per heavy atom. The highest BCUT2D eigenvalue weighted by atomic mass is 16.5. The normalized spacial score (nSPS) is 21.2.